The molecular weight excluding hydrogens is 384 g/mol. The van der Waals surface area contributed by atoms with Gasteiger partial charge in [-0.15, -0.1) is 0 Å². The Bertz CT molecular complexity index is 728. The third-order valence-corrected chi connectivity index (χ3v) is 5.81. The predicted octanol–water partition coefficient (Wildman–Crippen LogP) is 0.725. The van der Waals surface area contributed by atoms with E-state index in [0.29, 0.717) is 31.9 Å². The summed E-state index contributed by atoms with van der Waals surface area (Å²) in [5.41, 5.74) is 0. The number of piperazine rings is 1. The first-order valence-electron chi connectivity index (χ1n) is 10.7. The molecule has 0 aliphatic carbocycles. The average molecular weight is 417 g/mol. The molecule has 164 valence electrons. The highest BCUT2D eigenvalue weighted by molar-refractivity contribution is 5.88. The minimum atomic E-state index is -0.618. The minimum absolute atomic E-state index is 0.110. The van der Waals surface area contributed by atoms with Crippen LogP contribution < -0.4 is 10.1 Å². The van der Waals surface area contributed by atoms with E-state index in [0.717, 1.165) is 25.9 Å². The molecule has 2 saturated heterocycles. The van der Waals surface area contributed by atoms with Gasteiger partial charge in [-0.1, -0.05) is 18.2 Å². The van der Waals surface area contributed by atoms with E-state index in [4.69, 9.17) is 4.74 Å². The fourth-order valence-corrected chi connectivity index (χ4v) is 3.97. The Morgan fingerprint density at radius 3 is 2.13 bits per heavy atom. The second-order valence-corrected chi connectivity index (χ2v) is 7.96. The summed E-state index contributed by atoms with van der Waals surface area (Å²) in [4.78, 5) is 43.2. The van der Waals surface area contributed by atoms with E-state index in [1.54, 1.807) is 24.0 Å². The maximum absolute atomic E-state index is 12.7. The van der Waals surface area contributed by atoms with Crippen molar-refractivity contribution in [2.24, 2.45) is 0 Å². The molecule has 0 radical (unpaired) electrons. The first kappa shape index (κ1) is 22.1. The van der Waals surface area contributed by atoms with Crippen LogP contribution in [0.3, 0.4) is 0 Å². The Morgan fingerprint density at radius 2 is 1.50 bits per heavy atom. The van der Waals surface area contributed by atoms with E-state index in [9.17, 15) is 14.4 Å². The number of amides is 3. The van der Waals surface area contributed by atoms with E-state index < -0.39 is 6.04 Å². The predicted molar refractivity (Wildman–Crippen MR) is 113 cm³/mol. The zero-order valence-electron chi connectivity index (χ0n) is 17.9. The lowest BCUT2D eigenvalue weighted by molar-refractivity contribution is -0.140. The Kier molecular flexibility index (Phi) is 7.68. The van der Waals surface area contributed by atoms with Crippen molar-refractivity contribution in [3.63, 3.8) is 0 Å². The molecule has 30 heavy (non-hydrogen) atoms. The second kappa shape index (κ2) is 10.4. The van der Waals surface area contributed by atoms with Crippen LogP contribution in [-0.4, -0.2) is 90.4 Å². The number of nitrogens with zero attached hydrogens (tertiary/aromatic N) is 3. The van der Waals surface area contributed by atoms with Crippen molar-refractivity contribution in [2.45, 2.75) is 38.8 Å². The molecule has 3 amide bonds. The number of ether oxygens (including phenoxy) is 1. The number of nitrogens with one attached hydrogen (secondary N) is 1. The van der Waals surface area contributed by atoms with Crippen LogP contribution in [0.5, 0.6) is 5.75 Å². The normalized spacial score (nSPS) is 19.3. The molecule has 3 rings (SSSR count). The number of carbonyl (C=O) groups excluding carboxylic acids is 3. The highest BCUT2D eigenvalue weighted by Gasteiger charge is 2.32. The molecule has 0 saturated carbocycles. The molecule has 8 nitrogen and oxygen atoms in total. The first-order chi connectivity index (χ1) is 14.5. The van der Waals surface area contributed by atoms with E-state index in [1.807, 2.05) is 30.0 Å². The van der Waals surface area contributed by atoms with Crippen LogP contribution >= 0.6 is 0 Å². The van der Waals surface area contributed by atoms with Crippen molar-refractivity contribution in [1.29, 1.82) is 0 Å². The molecule has 0 spiro atoms. The second-order valence-electron chi connectivity index (χ2n) is 7.96. The number of hydrogen-bond donors (Lipinski definition) is 1. The van der Waals surface area contributed by atoms with Gasteiger partial charge in [0.2, 0.25) is 11.8 Å². The van der Waals surface area contributed by atoms with Gasteiger partial charge in [-0.3, -0.25) is 19.3 Å². The Balaban J connectivity index is 1.40. The summed E-state index contributed by atoms with van der Waals surface area (Å²) in [7, 11) is 0. The monoisotopic (exact) mass is 416 g/mol. The molecule has 0 bridgehead atoms. The third-order valence-electron chi connectivity index (χ3n) is 5.81. The van der Waals surface area contributed by atoms with Gasteiger partial charge in [0, 0.05) is 39.3 Å². The topological polar surface area (TPSA) is 82.2 Å². The van der Waals surface area contributed by atoms with Crippen LogP contribution in [-0.2, 0) is 14.4 Å². The quantitative estimate of drug-likeness (QED) is 0.709. The Labute approximate surface area is 178 Å². The zero-order valence-corrected chi connectivity index (χ0v) is 17.9. The van der Waals surface area contributed by atoms with Crippen molar-refractivity contribution in [2.75, 3.05) is 45.9 Å². The molecule has 2 aliphatic heterocycles. The van der Waals surface area contributed by atoms with Gasteiger partial charge in [0.1, 0.15) is 11.8 Å². The summed E-state index contributed by atoms with van der Waals surface area (Å²) in [5, 5.41) is 2.71. The van der Waals surface area contributed by atoms with Crippen molar-refractivity contribution >= 4 is 17.7 Å². The maximum atomic E-state index is 12.7. The van der Waals surface area contributed by atoms with Gasteiger partial charge in [-0.2, -0.15) is 0 Å². The number of benzene rings is 1. The van der Waals surface area contributed by atoms with Crippen LogP contribution in [0.2, 0.25) is 0 Å². The molecule has 1 aromatic rings. The van der Waals surface area contributed by atoms with Crippen LogP contribution in [0.25, 0.3) is 0 Å². The number of para-hydroxylation sites is 1. The summed E-state index contributed by atoms with van der Waals surface area (Å²) in [5.74, 6) is 0.357. The van der Waals surface area contributed by atoms with Crippen LogP contribution in [0.15, 0.2) is 30.3 Å². The summed E-state index contributed by atoms with van der Waals surface area (Å²) in [6, 6.07) is 8.31. The van der Waals surface area contributed by atoms with E-state index in [2.05, 4.69) is 10.2 Å². The summed E-state index contributed by atoms with van der Waals surface area (Å²) in [6.07, 6.45) is 2.17. The van der Waals surface area contributed by atoms with Gasteiger partial charge in [-0.25, -0.2) is 0 Å². The van der Waals surface area contributed by atoms with Gasteiger partial charge in [-0.05, 0) is 38.8 Å². The number of hydrogen-bond acceptors (Lipinski definition) is 5. The number of rotatable bonds is 7. The summed E-state index contributed by atoms with van der Waals surface area (Å²) < 4.78 is 5.42. The molecule has 2 atom stereocenters. The molecular formula is C22H32N4O4. The van der Waals surface area contributed by atoms with Crippen molar-refractivity contribution in [3.8, 4) is 5.75 Å². The highest BCUT2D eigenvalue weighted by Crippen LogP contribution is 2.14. The molecule has 2 heterocycles. The standard InChI is InChI=1S/C22H32N4O4/c1-17(23-20(27)16-30-19-8-4-3-5-9-19)21(28)26-14-12-24(13-15-26)18(2)22(29)25-10-6-7-11-25/h3-5,8-9,17-18H,6-7,10-16H2,1-2H3,(H,23,27)/t17-,18+/m1/s1. The Morgan fingerprint density at radius 1 is 0.900 bits per heavy atom. The molecule has 2 fully saturated rings. The number of carbonyl (C=O) groups is 3. The van der Waals surface area contributed by atoms with Gasteiger partial charge >= 0.3 is 0 Å². The average Bonchev–Trinajstić information content (AvgIpc) is 3.32. The lowest BCUT2D eigenvalue weighted by Gasteiger charge is -2.39. The van der Waals surface area contributed by atoms with E-state index in [-0.39, 0.29) is 30.4 Å². The minimum Gasteiger partial charge on any atom is -0.484 e. The molecule has 1 aromatic carbocycles. The van der Waals surface area contributed by atoms with E-state index >= 15 is 0 Å². The largest absolute Gasteiger partial charge is 0.484 e. The fraction of sp³-hybridized carbons (Fsp3) is 0.591. The van der Waals surface area contributed by atoms with Crippen molar-refractivity contribution < 1.29 is 19.1 Å². The molecule has 0 aromatic heterocycles. The van der Waals surface area contributed by atoms with Crippen molar-refractivity contribution in [3.05, 3.63) is 30.3 Å². The maximum Gasteiger partial charge on any atom is 0.258 e. The summed E-state index contributed by atoms with van der Waals surface area (Å²) in [6.45, 7) is 7.64. The fourth-order valence-electron chi connectivity index (χ4n) is 3.97. The van der Waals surface area contributed by atoms with Gasteiger partial charge < -0.3 is 19.9 Å². The molecule has 0 unspecified atom stereocenters. The molecule has 8 heteroatoms. The zero-order chi connectivity index (χ0) is 21.5. The molecule has 1 N–H and O–H groups in total. The van der Waals surface area contributed by atoms with Crippen LogP contribution in [0.1, 0.15) is 26.7 Å². The Hall–Kier alpha value is -2.61. The highest BCUT2D eigenvalue weighted by atomic mass is 16.5. The smallest absolute Gasteiger partial charge is 0.258 e. The van der Waals surface area contributed by atoms with Crippen LogP contribution in [0, 0.1) is 0 Å². The van der Waals surface area contributed by atoms with E-state index in [1.165, 1.54) is 0 Å². The number of likely N-dealkylation sites (tertiary alicyclic amines) is 1. The first-order valence-corrected chi connectivity index (χ1v) is 10.7. The SMILES string of the molecule is C[C@@H](NC(=O)COc1ccccc1)C(=O)N1CCN([C@@H](C)C(=O)N2CCCC2)CC1. The van der Waals surface area contributed by atoms with Crippen molar-refractivity contribution in [1.82, 2.24) is 20.0 Å². The lowest BCUT2D eigenvalue weighted by Crippen LogP contribution is -2.58. The summed E-state index contributed by atoms with van der Waals surface area (Å²) >= 11 is 0. The lowest BCUT2D eigenvalue weighted by atomic mass is 10.2. The van der Waals surface area contributed by atoms with Gasteiger partial charge in [0.25, 0.3) is 5.91 Å². The van der Waals surface area contributed by atoms with Gasteiger partial charge in [0.15, 0.2) is 6.61 Å². The third kappa shape index (κ3) is 5.72. The molecule has 2 aliphatic rings. The van der Waals surface area contributed by atoms with Gasteiger partial charge in [0.05, 0.1) is 6.04 Å². The van der Waals surface area contributed by atoms with Crippen LogP contribution in [0.4, 0.5) is 0 Å².